The van der Waals surface area contributed by atoms with Crippen LogP contribution in [-0.2, 0) is 4.79 Å². The molecular weight excluding hydrogens is 316 g/mol. The smallest absolute Gasteiger partial charge is 0.222 e. The molecular formula is C18H26N6O. The monoisotopic (exact) mass is 342 g/mol. The SMILES string of the molecule is CC(C)CC(=O)N1CCC(Nc2ccc3nnc(C4CC4)n3n2)CC1. The third kappa shape index (κ3) is 3.60. The summed E-state index contributed by atoms with van der Waals surface area (Å²) >= 11 is 0. The summed E-state index contributed by atoms with van der Waals surface area (Å²) in [5.74, 6) is 3.07. The average molecular weight is 342 g/mol. The average Bonchev–Trinajstić information content (AvgIpc) is 3.34. The second kappa shape index (κ2) is 6.61. The number of likely N-dealkylation sites (tertiary alicyclic amines) is 1. The van der Waals surface area contributed by atoms with Crippen molar-refractivity contribution in [2.45, 2.75) is 57.9 Å². The molecule has 1 saturated heterocycles. The molecule has 25 heavy (non-hydrogen) atoms. The summed E-state index contributed by atoms with van der Waals surface area (Å²) in [6.07, 6.45) is 4.93. The van der Waals surface area contributed by atoms with Crippen molar-refractivity contribution < 1.29 is 4.79 Å². The summed E-state index contributed by atoms with van der Waals surface area (Å²) in [5.41, 5.74) is 0.807. The van der Waals surface area contributed by atoms with Crippen molar-refractivity contribution >= 4 is 17.4 Å². The Morgan fingerprint density at radius 1 is 1.20 bits per heavy atom. The Morgan fingerprint density at radius 2 is 1.96 bits per heavy atom. The lowest BCUT2D eigenvalue weighted by molar-refractivity contribution is -0.132. The first-order valence-electron chi connectivity index (χ1n) is 9.37. The topological polar surface area (TPSA) is 75.4 Å². The van der Waals surface area contributed by atoms with Gasteiger partial charge in [-0.1, -0.05) is 13.8 Å². The van der Waals surface area contributed by atoms with E-state index in [1.165, 1.54) is 12.8 Å². The molecule has 0 unspecified atom stereocenters. The molecule has 0 radical (unpaired) electrons. The van der Waals surface area contributed by atoms with Gasteiger partial charge in [0, 0.05) is 31.5 Å². The third-order valence-electron chi connectivity index (χ3n) is 5.01. The first-order chi connectivity index (χ1) is 12.1. The van der Waals surface area contributed by atoms with Crippen molar-refractivity contribution in [3.8, 4) is 0 Å². The fourth-order valence-corrected chi connectivity index (χ4v) is 3.44. The highest BCUT2D eigenvalue weighted by atomic mass is 16.2. The Hall–Kier alpha value is -2.18. The van der Waals surface area contributed by atoms with Gasteiger partial charge in [-0.05, 0) is 43.7 Å². The second-order valence-electron chi connectivity index (χ2n) is 7.72. The zero-order valence-corrected chi connectivity index (χ0v) is 15.0. The summed E-state index contributed by atoms with van der Waals surface area (Å²) in [5, 5.41) is 16.7. The molecule has 7 heteroatoms. The number of aromatic nitrogens is 4. The number of nitrogens with zero attached hydrogens (tertiary/aromatic N) is 5. The summed E-state index contributed by atoms with van der Waals surface area (Å²) in [4.78, 5) is 14.2. The van der Waals surface area contributed by atoms with Gasteiger partial charge in [0.25, 0.3) is 0 Å². The van der Waals surface area contributed by atoms with Crippen molar-refractivity contribution in [1.82, 2.24) is 24.7 Å². The van der Waals surface area contributed by atoms with Gasteiger partial charge in [0.05, 0.1) is 0 Å². The van der Waals surface area contributed by atoms with E-state index in [9.17, 15) is 4.79 Å². The number of nitrogens with one attached hydrogen (secondary N) is 1. The van der Waals surface area contributed by atoms with E-state index in [2.05, 4.69) is 34.5 Å². The number of fused-ring (bicyclic) bond motifs is 1. The molecule has 0 aromatic carbocycles. The summed E-state index contributed by atoms with van der Waals surface area (Å²) < 4.78 is 1.88. The quantitative estimate of drug-likeness (QED) is 0.903. The van der Waals surface area contributed by atoms with E-state index in [4.69, 9.17) is 0 Å². The van der Waals surface area contributed by atoms with Crippen molar-refractivity contribution in [3.63, 3.8) is 0 Å². The fraction of sp³-hybridized carbons (Fsp3) is 0.667. The molecule has 0 spiro atoms. The zero-order chi connectivity index (χ0) is 17.4. The Labute approximate surface area is 147 Å². The number of piperidine rings is 1. The maximum absolute atomic E-state index is 12.2. The number of hydrogen-bond donors (Lipinski definition) is 1. The predicted molar refractivity (Wildman–Crippen MR) is 95.4 cm³/mol. The Morgan fingerprint density at radius 3 is 2.64 bits per heavy atom. The second-order valence-corrected chi connectivity index (χ2v) is 7.72. The van der Waals surface area contributed by atoms with Crippen LogP contribution in [0.15, 0.2) is 12.1 Å². The van der Waals surface area contributed by atoms with Gasteiger partial charge in [0.15, 0.2) is 11.5 Å². The largest absolute Gasteiger partial charge is 0.366 e. The number of carbonyl (C=O) groups is 1. The van der Waals surface area contributed by atoms with Crippen molar-refractivity contribution in [2.24, 2.45) is 5.92 Å². The minimum atomic E-state index is 0.284. The zero-order valence-electron chi connectivity index (χ0n) is 15.0. The van der Waals surface area contributed by atoms with Gasteiger partial charge in [0.2, 0.25) is 5.91 Å². The van der Waals surface area contributed by atoms with Crippen LogP contribution in [0.4, 0.5) is 5.82 Å². The molecule has 2 aliphatic rings. The van der Waals surface area contributed by atoms with E-state index in [-0.39, 0.29) is 5.91 Å². The Kier molecular flexibility index (Phi) is 4.31. The van der Waals surface area contributed by atoms with Crippen LogP contribution in [0.5, 0.6) is 0 Å². The molecule has 7 nitrogen and oxygen atoms in total. The van der Waals surface area contributed by atoms with Crippen LogP contribution in [0.1, 0.15) is 57.7 Å². The maximum Gasteiger partial charge on any atom is 0.222 e. The van der Waals surface area contributed by atoms with Crippen LogP contribution < -0.4 is 5.32 Å². The Bertz CT molecular complexity index is 758. The van der Waals surface area contributed by atoms with Gasteiger partial charge < -0.3 is 10.2 Å². The molecule has 0 atom stereocenters. The van der Waals surface area contributed by atoms with Crippen molar-refractivity contribution in [1.29, 1.82) is 0 Å². The number of amides is 1. The van der Waals surface area contributed by atoms with Crippen molar-refractivity contribution in [2.75, 3.05) is 18.4 Å². The first kappa shape index (κ1) is 16.3. The molecule has 2 aromatic rings. The lowest BCUT2D eigenvalue weighted by atomic mass is 10.0. The summed E-state index contributed by atoms with van der Waals surface area (Å²) in [7, 11) is 0. The Balaban J connectivity index is 1.37. The highest BCUT2D eigenvalue weighted by Gasteiger charge is 2.29. The molecule has 1 aliphatic heterocycles. The summed E-state index contributed by atoms with van der Waals surface area (Å²) in [6.45, 7) is 5.83. The molecule has 3 heterocycles. The van der Waals surface area contributed by atoms with Crippen LogP contribution >= 0.6 is 0 Å². The number of rotatable bonds is 5. The van der Waals surface area contributed by atoms with E-state index in [0.717, 1.165) is 43.2 Å². The van der Waals surface area contributed by atoms with E-state index in [1.807, 2.05) is 21.5 Å². The van der Waals surface area contributed by atoms with E-state index >= 15 is 0 Å². The van der Waals surface area contributed by atoms with E-state index in [0.29, 0.717) is 24.3 Å². The molecule has 1 aliphatic carbocycles. The van der Waals surface area contributed by atoms with Gasteiger partial charge in [-0.25, -0.2) is 0 Å². The minimum absolute atomic E-state index is 0.284. The number of carbonyl (C=O) groups excluding carboxylic acids is 1. The standard InChI is InChI=1S/C18H26N6O/c1-12(2)11-17(25)23-9-7-14(8-10-23)19-15-5-6-16-20-21-18(13-3-4-13)24(16)22-15/h5-6,12-14H,3-4,7-11H2,1-2H3,(H,19,22). The first-order valence-corrected chi connectivity index (χ1v) is 9.37. The van der Waals surface area contributed by atoms with Crippen LogP contribution in [0.2, 0.25) is 0 Å². The lowest BCUT2D eigenvalue weighted by Gasteiger charge is -2.33. The van der Waals surface area contributed by atoms with Crippen LogP contribution in [0, 0.1) is 5.92 Å². The highest BCUT2D eigenvalue weighted by Crippen LogP contribution is 2.38. The molecule has 1 amide bonds. The minimum Gasteiger partial charge on any atom is -0.366 e. The van der Waals surface area contributed by atoms with Gasteiger partial charge in [-0.15, -0.1) is 15.3 Å². The molecule has 1 N–H and O–H groups in total. The number of hydrogen-bond acceptors (Lipinski definition) is 5. The van der Waals surface area contributed by atoms with Crippen LogP contribution in [0.3, 0.4) is 0 Å². The van der Waals surface area contributed by atoms with Crippen LogP contribution in [-0.4, -0.2) is 49.7 Å². The predicted octanol–water partition coefficient (Wildman–Crippen LogP) is 2.45. The van der Waals surface area contributed by atoms with Gasteiger partial charge in [-0.2, -0.15) is 4.52 Å². The molecule has 4 rings (SSSR count). The third-order valence-corrected chi connectivity index (χ3v) is 5.01. The molecule has 0 bridgehead atoms. The lowest BCUT2D eigenvalue weighted by Crippen LogP contribution is -2.42. The van der Waals surface area contributed by atoms with Gasteiger partial charge in [0.1, 0.15) is 5.82 Å². The molecule has 2 fully saturated rings. The van der Waals surface area contributed by atoms with Crippen molar-refractivity contribution in [3.05, 3.63) is 18.0 Å². The maximum atomic E-state index is 12.2. The number of anilines is 1. The highest BCUT2D eigenvalue weighted by molar-refractivity contribution is 5.76. The van der Waals surface area contributed by atoms with Gasteiger partial charge in [-0.3, -0.25) is 4.79 Å². The molecule has 2 aromatic heterocycles. The normalized spacial score (nSPS) is 18.9. The van der Waals surface area contributed by atoms with E-state index in [1.54, 1.807) is 0 Å². The van der Waals surface area contributed by atoms with E-state index < -0.39 is 0 Å². The van der Waals surface area contributed by atoms with Gasteiger partial charge >= 0.3 is 0 Å². The summed E-state index contributed by atoms with van der Waals surface area (Å²) in [6, 6.07) is 4.29. The molecule has 134 valence electrons. The fourth-order valence-electron chi connectivity index (χ4n) is 3.44. The van der Waals surface area contributed by atoms with Crippen LogP contribution in [0.25, 0.3) is 5.65 Å². The molecule has 1 saturated carbocycles.